The molecular formula is C16H24N2O3. The van der Waals surface area contributed by atoms with Gasteiger partial charge in [-0.25, -0.2) is 0 Å². The van der Waals surface area contributed by atoms with Crippen molar-refractivity contribution < 1.29 is 14.3 Å². The van der Waals surface area contributed by atoms with Crippen LogP contribution in [0.4, 0.5) is 0 Å². The smallest absolute Gasteiger partial charge is 0.325 e. The largest absolute Gasteiger partial charge is 0.468 e. The summed E-state index contributed by atoms with van der Waals surface area (Å²) in [5, 5.41) is 0. The maximum absolute atomic E-state index is 12.6. The van der Waals surface area contributed by atoms with Crippen LogP contribution in [0.1, 0.15) is 19.4 Å². The molecule has 0 aromatic heterocycles. The molecule has 5 nitrogen and oxygen atoms in total. The predicted octanol–water partition coefficient (Wildman–Crippen LogP) is 1.42. The van der Waals surface area contributed by atoms with E-state index in [1.807, 2.05) is 44.2 Å². The van der Waals surface area contributed by atoms with Crippen LogP contribution < -0.4 is 5.73 Å². The van der Waals surface area contributed by atoms with Crippen molar-refractivity contribution in [3.63, 3.8) is 0 Å². The first kappa shape index (κ1) is 17.2. The summed E-state index contributed by atoms with van der Waals surface area (Å²) >= 11 is 0. The van der Waals surface area contributed by atoms with Crippen molar-refractivity contribution in [2.24, 2.45) is 17.6 Å². The number of hydrogen-bond acceptors (Lipinski definition) is 4. The van der Waals surface area contributed by atoms with Crippen molar-refractivity contribution in [3.8, 4) is 0 Å². The molecule has 1 unspecified atom stereocenters. The van der Waals surface area contributed by atoms with Crippen molar-refractivity contribution in [2.45, 2.75) is 20.4 Å². The van der Waals surface area contributed by atoms with Gasteiger partial charge in [0.25, 0.3) is 0 Å². The highest BCUT2D eigenvalue weighted by Crippen LogP contribution is 2.15. The van der Waals surface area contributed by atoms with Crippen molar-refractivity contribution in [3.05, 3.63) is 35.9 Å². The van der Waals surface area contributed by atoms with E-state index in [0.717, 1.165) is 5.56 Å². The lowest BCUT2D eigenvalue weighted by atomic mass is 9.94. The Morgan fingerprint density at radius 1 is 1.24 bits per heavy atom. The molecule has 116 valence electrons. The van der Waals surface area contributed by atoms with Crippen LogP contribution in [0.5, 0.6) is 0 Å². The van der Waals surface area contributed by atoms with Crippen LogP contribution >= 0.6 is 0 Å². The third kappa shape index (κ3) is 5.19. The van der Waals surface area contributed by atoms with E-state index in [2.05, 4.69) is 4.74 Å². The number of nitrogens with zero attached hydrogens (tertiary/aromatic N) is 1. The maximum atomic E-state index is 12.6. The molecule has 0 saturated carbocycles. The van der Waals surface area contributed by atoms with Crippen molar-refractivity contribution in [1.82, 2.24) is 4.90 Å². The van der Waals surface area contributed by atoms with Crippen LogP contribution in [0.15, 0.2) is 30.3 Å². The van der Waals surface area contributed by atoms with Gasteiger partial charge in [0.2, 0.25) is 5.91 Å². The average Bonchev–Trinajstić information content (AvgIpc) is 2.47. The fraction of sp³-hybridized carbons (Fsp3) is 0.500. The van der Waals surface area contributed by atoms with Gasteiger partial charge in [-0.15, -0.1) is 0 Å². The number of esters is 1. The third-order valence-corrected chi connectivity index (χ3v) is 3.45. The van der Waals surface area contributed by atoms with Crippen LogP contribution in [0.25, 0.3) is 0 Å². The Hall–Kier alpha value is -1.88. The fourth-order valence-electron chi connectivity index (χ4n) is 2.13. The number of amides is 1. The Kier molecular flexibility index (Phi) is 6.88. The summed E-state index contributed by atoms with van der Waals surface area (Å²) < 4.78 is 4.68. The summed E-state index contributed by atoms with van der Waals surface area (Å²) in [6.45, 7) is 4.48. The van der Waals surface area contributed by atoms with Gasteiger partial charge in [0.15, 0.2) is 0 Å². The second kappa shape index (κ2) is 8.42. The maximum Gasteiger partial charge on any atom is 0.325 e. The molecule has 21 heavy (non-hydrogen) atoms. The summed E-state index contributed by atoms with van der Waals surface area (Å²) in [6, 6.07) is 9.56. The molecule has 0 spiro atoms. The second-order valence-corrected chi connectivity index (χ2v) is 5.34. The van der Waals surface area contributed by atoms with E-state index in [9.17, 15) is 9.59 Å². The van der Waals surface area contributed by atoms with E-state index in [-0.39, 0.29) is 30.8 Å². The van der Waals surface area contributed by atoms with Gasteiger partial charge in [0.1, 0.15) is 6.54 Å². The molecule has 5 heteroatoms. The van der Waals surface area contributed by atoms with Crippen molar-refractivity contribution in [2.75, 3.05) is 20.2 Å². The molecule has 0 aliphatic carbocycles. The monoisotopic (exact) mass is 292 g/mol. The average molecular weight is 292 g/mol. The third-order valence-electron chi connectivity index (χ3n) is 3.45. The van der Waals surface area contributed by atoms with Crippen LogP contribution in [0, 0.1) is 11.8 Å². The predicted molar refractivity (Wildman–Crippen MR) is 81.3 cm³/mol. The minimum atomic E-state index is -0.432. The molecule has 1 aromatic carbocycles. The summed E-state index contributed by atoms with van der Waals surface area (Å²) in [5.41, 5.74) is 6.67. The lowest BCUT2D eigenvalue weighted by Crippen LogP contribution is -2.43. The number of hydrogen-bond donors (Lipinski definition) is 1. The van der Waals surface area contributed by atoms with Gasteiger partial charge in [-0.3, -0.25) is 9.59 Å². The number of rotatable bonds is 7. The lowest BCUT2D eigenvalue weighted by molar-refractivity contribution is -0.149. The number of methoxy groups -OCH3 is 1. The molecule has 1 atom stereocenters. The van der Waals surface area contributed by atoms with Gasteiger partial charge >= 0.3 is 5.97 Å². The zero-order valence-electron chi connectivity index (χ0n) is 12.9. The van der Waals surface area contributed by atoms with Crippen molar-refractivity contribution >= 4 is 11.9 Å². The highest BCUT2D eigenvalue weighted by Gasteiger charge is 2.27. The van der Waals surface area contributed by atoms with Gasteiger partial charge in [-0.2, -0.15) is 0 Å². The molecule has 1 rings (SSSR count). The Balaban J connectivity index is 2.90. The van der Waals surface area contributed by atoms with Gasteiger partial charge < -0.3 is 15.4 Å². The molecule has 0 aliphatic heterocycles. The molecule has 0 radical (unpaired) electrons. The zero-order valence-corrected chi connectivity index (χ0v) is 12.9. The van der Waals surface area contributed by atoms with Crippen LogP contribution in [-0.4, -0.2) is 37.0 Å². The number of carbonyl (C=O) groups is 2. The molecule has 0 bridgehead atoms. The van der Waals surface area contributed by atoms with Gasteiger partial charge in [0.05, 0.1) is 13.0 Å². The van der Waals surface area contributed by atoms with Gasteiger partial charge in [-0.05, 0) is 11.5 Å². The summed E-state index contributed by atoms with van der Waals surface area (Å²) in [4.78, 5) is 25.7. The first-order chi connectivity index (χ1) is 9.99. The molecule has 0 heterocycles. The first-order valence-corrected chi connectivity index (χ1v) is 7.09. The van der Waals surface area contributed by atoms with E-state index in [1.165, 1.54) is 12.0 Å². The van der Waals surface area contributed by atoms with Crippen LogP contribution in [0.3, 0.4) is 0 Å². The molecule has 0 fully saturated rings. The zero-order chi connectivity index (χ0) is 15.8. The Labute approximate surface area is 126 Å². The lowest BCUT2D eigenvalue weighted by Gasteiger charge is -2.28. The first-order valence-electron chi connectivity index (χ1n) is 7.09. The molecule has 1 aromatic rings. The van der Waals surface area contributed by atoms with Gasteiger partial charge in [0, 0.05) is 13.1 Å². The topological polar surface area (TPSA) is 72.6 Å². The Morgan fingerprint density at radius 3 is 2.33 bits per heavy atom. The molecule has 0 saturated heterocycles. The standard InChI is InChI=1S/C16H24N2O3/c1-12(2)14(9-17)16(20)18(11-15(19)21-3)10-13-7-5-4-6-8-13/h4-8,12,14H,9-11,17H2,1-3H3. The summed E-state index contributed by atoms with van der Waals surface area (Å²) in [7, 11) is 1.32. The second-order valence-electron chi connectivity index (χ2n) is 5.34. The van der Waals surface area contributed by atoms with E-state index in [4.69, 9.17) is 5.73 Å². The van der Waals surface area contributed by atoms with Crippen LogP contribution in [0.2, 0.25) is 0 Å². The van der Waals surface area contributed by atoms with Crippen molar-refractivity contribution in [1.29, 1.82) is 0 Å². The van der Waals surface area contributed by atoms with E-state index >= 15 is 0 Å². The molecule has 0 aliphatic rings. The number of carbonyl (C=O) groups excluding carboxylic acids is 2. The number of nitrogens with two attached hydrogens (primary N) is 1. The highest BCUT2D eigenvalue weighted by molar-refractivity contribution is 5.84. The fourth-order valence-corrected chi connectivity index (χ4v) is 2.13. The normalized spacial score (nSPS) is 12.0. The minimum absolute atomic E-state index is 0.0621. The number of ether oxygens (including phenoxy) is 1. The van der Waals surface area contributed by atoms with E-state index in [0.29, 0.717) is 6.54 Å². The van der Waals surface area contributed by atoms with Gasteiger partial charge in [-0.1, -0.05) is 44.2 Å². The highest BCUT2D eigenvalue weighted by atomic mass is 16.5. The summed E-state index contributed by atoms with van der Waals surface area (Å²) in [6.07, 6.45) is 0. The Morgan fingerprint density at radius 2 is 1.86 bits per heavy atom. The van der Waals surface area contributed by atoms with E-state index < -0.39 is 5.97 Å². The molecule has 1 amide bonds. The minimum Gasteiger partial charge on any atom is -0.468 e. The Bertz CT molecular complexity index is 460. The summed E-state index contributed by atoms with van der Waals surface area (Å²) in [5.74, 6) is -0.711. The SMILES string of the molecule is COC(=O)CN(Cc1ccccc1)C(=O)C(CN)C(C)C. The molecule has 2 N–H and O–H groups in total. The van der Waals surface area contributed by atoms with E-state index in [1.54, 1.807) is 0 Å². The molecular weight excluding hydrogens is 268 g/mol. The number of benzene rings is 1. The van der Waals surface area contributed by atoms with Crippen LogP contribution in [-0.2, 0) is 20.9 Å². The quantitative estimate of drug-likeness (QED) is 0.771.